The van der Waals surface area contributed by atoms with Crippen molar-refractivity contribution >= 4 is 0 Å². The Bertz CT molecular complexity index is 292. The second kappa shape index (κ2) is 4.13. The molecule has 1 saturated heterocycles. The topological polar surface area (TPSA) is 29.9 Å². The Morgan fingerprint density at radius 1 is 1.64 bits per heavy atom. The number of hydrogen-bond donors (Lipinski definition) is 1. The van der Waals surface area contributed by atoms with Gasteiger partial charge in [0.05, 0.1) is 5.69 Å². The Morgan fingerprint density at radius 3 is 3.14 bits per heavy atom. The summed E-state index contributed by atoms with van der Waals surface area (Å²) in [5, 5.41) is 7.89. The van der Waals surface area contributed by atoms with Crippen LogP contribution in [-0.4, -0.2) is 22.9 Å². The average molecular weight is 193 g/mol. The first-order valence-electron chi connectivity index (χ1n) is 5.45. The van der Waals surface area contributed by atoms with Gasteiger partial charge in [-0.05, 0) is 43.8 Å². The van der Waals surface area contributed by atoms with Crippen molar-refractivity contribution in [2.24, 2.45) is 18.9 Å². The molecule has 1 aromatic heterocycles. The molecule has 1 aliphatic heterocycles. The van der Waals surface area contributed by atoms with E-state index in [4.69, 9.17) is 0 Å². The van der Waals surface area contributed by atoms with Crippen molar-refractivity contribution in [3.05, 3.63) is 18.0 Å². The van der Waals surface area contributed by atoms with E-state index in [1.165, 1.54) is 18.7 Å². The standard InChI is InChI=1S/C11H19N3/c1-9-3-5-12-8-10(9)7-11-4-6-14(2)13-11/h4,6,9-10,12H,3,5,7-8H2,1-2H3. The van der Waals surface area contributed by atoms with E-state index in [1.54, 1.807) is 0 Å². The van der Waals surface area contributed by atoms with Gasteiger partial charge < -0.3 is 5.32 Å². The lowest BCUT2D eigenvalue weighted by atomic mass is 9.85. The molecule has 0 aliphatic carbocycles. The maximum Gasteiger partial charge on any atom is 0.0627 e. The highest BCUT2D eigenvalue weighted by Crippen LogP contribution is 2.21. The highest BCUT2D eigenvalue weighted by molar-refractivity contribution is 5.01. The maximum atomic E-state index is 4.43. The zero-order valence-corrected chi connectivity index (χ0v) is 9.03. The Kier molecular flexibility index (Phi) is 2.87. The van der Waals surface area contributed by atoms with E-state index in [0.717, 1.165) is 24.8 Å². The summed E-state index contributed by atoms with van der Waals surface area (Å²) < 4.78 is 1.89. The SMILES string of the molecule is CC1CCNCC1Cc1ccn(C)n1. The molecule has 1 aliphatic rings. The summed E-state index contributed by atoms with van der Waals surface area (Å²) in [4.78, 5) is 0. The number of nitrogens with zero attached hydrogens (tertiary/aromatic N) is 2. The molecule has 2 heterocycles. The second-order valence-electron chi connectivity index (χ2n) is 4.42. The molecule has 1 fully saturated rings. The summed E-state index contributed by atoms with van der Waals surface area (Å²) in [5.74, 6) is 1.59. The van der Waals surface area contributed by atoms with E-state index in [9.17, 15) is 0 Å². The van der Waals surface area contributed by atoms with Crippen molar-refractivity contribution in [2.45, 2.75) is 19.8 Å². The van der Waals surface area contributed by atoms with Gasteiger partial charge in [-0.1, -0.05) is 6.92 Å². The van der Waals surface area contributed by atoms with Crippen LogP contribution in [0.3, 0.4) is 0 Å². The average Bonchev–Trinajstić information content (AvgIpc) is 2.56. The number of piperidine rings is 1. The number of aromatic nitrogens is 2. The van der Waals surface area contributed by atoms with Gasteiger partial charge in [0.2, 0.25) is 0 Å². The zero-order chi connectivity index (χ0) is 9.97. The third-order valence-corrected chi connectivity index (χ3v) is 3.23. The number of nitrogens with one attached hydrogen (secondary N) is 1. The highest BCUT2D eigenvalue weighted by atomic mass is 15.2. The fraction of sp³-hybridized carbons (Fsp3) is 0.727. The second-order valence-corrected chi connectivity index (χ2v) is 4.42. The summed E-state index contributed by atoms with van der Waals surface area (Å²) in [7, 11) is 1.98. The van der Waals surface area contributed by atoms with E-state index >= 15 is 0 Å². The molecule has 3 nitrogen and oxygen atoms in total. The lowest BCUT2D eigenvalue weighted by molar-refractivity contribution is 0.270. The molecule has 0 bridgehead atoms. The molecule has 14 heavy (non-hydrogen) atoms. The van der Waals surface area contributed by atoms with Crippen LogP contribution >= 0.6 is 0 Å². The van der Waals surface area contributed by atoms with E-state index in [0.29, 0.717) is 0 Å². The van der Waals surface area contributed by atoms with Gasteiger partial charge in [0.15, 0.2) is 0 Å². The third-order valence-electron chi connectivity index (χ3n) is 3.23. The van der Waals surface area contributed by atoms with Crippen LogP contribution in [0, 0.1) is 11.8 Å². The molecule has 0 saturated carbocycles. The van der Waals surface area contributed by atoms with Gasteiger partial charge in [0, 0.05) is 13.2 Å². The fourth-order valence-corrected chi connectivity index (χ4v) is 2.17. The van der Waals surface area contributed by atoms with Crippen LogP contribution in [0.2, 0.25) is 0 Å². The Balaban J connectivity index is 1.95. The molecular formula is C11H19N3. The summed E-state index contributed by atoms with van der Waals surface area (Å²) >= 11 is 0. The molecule has 0 amide bonds. The van der Waals surface area contributed by atoms with Crippen LogP contribution in [-0.2, 0) is 13.5 Å². The minimum Gasteiger partial charge on any atom is -0.316 e. The Hall–Kier alpha value is -0.830. The predicted octanol–water partition coefficient (Wildman–Crippen LogP) is 1.21. The predicted molar refractivity (Wildman–Crippen MR) is 57.1 cm³/mol. The molecule has 2 atom stereocenters. The lowest BCUT2D eigenvalue weighted by Gasteiger charge is -2.28. The van der Waals surface area contributed by atoms with Crippen molar-refractivity contribution in [1.29, 1.82) is 0 Å². The van der Waals surface area contributed by atoms with Crippen molar-refractivity contribution in [3.8, 4) is 0 Å². The first kappa shape index (κ1) is 9.71. The minimum absolute atomic E-state index is 0.763. The van der Waals surface area contributed by atoms with Crippen LogP contribution < -0.4 is 5.32 Å². The Morgan fingerprint density at radius 2 is 2.50 bits per heavy atom. The first-order chi connectivity index (χ1) is 6.75. The van der Waals surface area contributed by atoms with Gasteiger partial charge in [-0.15, -0.1) is 0 Å². The van der Waals surface area contributed by atoms with Gasteiger partial charge >= 0.3 is 0 Å². The van der Waals surface area contributed by atoms with Crippen molar-refractivity contribution < 1.29 is 0 Å². The lowest BCUT2D eigenvalue weighted by Crippen LogP contribution is -2.36. The fourth-order valence-electron chi connectivity index (χ4n) is 2.17. The number of rotatable bonds is 2. The molecule has 2 unspecified atom stereocenters. The smallest absolute Gasteiger partial charge is 0.0627 e. The quantitative estimate of drug-likeness (QED) is 0.765. The summed E-state index contributed by atoms with van der Waals surface area (Å²) in [6.45, 7) is 4.69. The molecular weight excluding hydrogens is 174 g/mol. The van der Waals surface area contributed by atoms with Gasteiger partial charge in [0.25, 0.3) is 0 Å². The van der Waals surface area contributed by atoms with Crippen molar-refractivity contribution in [3.63, 3.8) is 0 Å². The van der Waals surface area contributed by atoms with E-state index in [1.807, 2.05) is 17.9 Å². The van der Waals surface area contributed by atoms with E-state index < -0.39 is 0 Å². The van der Waals surface area contributed by atoms with Crippen molar-refractivity contribution in [2.75, 3.05) is 13.1 Å². The van der Waals surface area contributed by atoms with Crippen LogP contribution in [0.4, 0.5) is 0 Å². The van der Waals surface area contributed by atoms with Crippen molar-refractivity contribution in [1.82, 2.24) is 15.1 Å². The third kappa shape index (κ3) is 2.15. The van der Waals surface area contributed by atoms with Gasteiger partial charge in [-0.3, -0.25) is 4.68 Å². The van der Waals surface area contributed by atoms with Crippen LogP contribution in [0.1, 0.15) is 19.0 Å². The number of aryl methyl sites for hydroxylation is 1. The first-order valence-corrected chi connectivity index (χ1v) is 5.45. The molecule has 3 heteroatoms. The highest BCUT2D eigenvalue weighted by Gasteiger charge is 2.21. The number of hydrogen-bond acceptors (Lipinski definition) is 2. The van der Waals surface area contributed by atoms with Crippen LogP contribution in [0.25, 0.3) is 0 Å². The monoisotopic (exact) mass is 193 g/mol. The van der Waals surface area contributed by atoms with Gasteiger partial charge in [-0.2, -0.15) is 5.10 Å². The van der Waals surface area contributed by atoms with Gasteiger partial charge in [-0.25, -0.2) is 0 Å². The maximum absolute atomic E-state index is 4.43. The minimum atomic E-state index is 0.763. The van der Waals surface area contributed by atoms with Crippen LogP contribution in [0.5, 0.6) is 0 Å². The van der Waals surface area contributed by atoms with Crippen LogP contribution in [0.15, 0.2) is 12.3 Å². The molecule has 2 rings (SSSR count). The molecule has 78 valence electrons. The molecule has 0 aromatic carbocycles. The zero-order valence-electron chi connectivity index (χ0n) is 9.03. The molecule has 0 spiro atoms. The molecule has 0 radical (unpaired) electrons. The largest absolute Gasteiger partial charge is 0.316 e. The molecule has 1 aromatic rings. The van der Waals surface area contributed by atoms with E-state index in [2.05, 4.69) is 23.4 Å². The summed E-state index contributed by atoms with van der Waals surface area (Å²) in [5.41, 5.74) is 1.23. The van der Waals surface area contributed by atoms with Gasteiger partial charge in [0.1, 0.15) is 0 Å². The normalized spacial score (nSPS) is 27.9. The summed E-state index contributed by atoms with van der Waals surface area (Å²) in [6, 6.07) is 2.13. The van der Waals surface area contributed by atoms with E-state index in [-0.39, 0.29) is 0 Å². The molecule has 1 N–H and O–H groups in total. The Labute approximate surface area is 85.5 Å². The summed E-state index contributed by atoms with van der Waals surface area (Å²) in [6.07, 6.45) is 4.45.